The molecule has 0 N–H and O–H groups in total. The monoisotopic (exact) mass is 427 g/mol. The van der Waals surface area contributed by atoms with E-state index in [4.69, 9.17) is 0 Å². The van der Waals surface area contributed by atoms with Crippen molar-refractivity contribution in [2.75, 3.05) is 0 Å². The molecule has 2 aliphatic rings. The van der Waals surface area contributed by atoms with E-state index in [9.17, 15) is 0 Å². The second-order valence-electron chi connectivity index (χ2n) is 6.89. The Kier molecular flexibility index (Phi) is 8.56. The zero-order valence-corrected chi connectivity index (χ0v) is 17.8. The third-order valence-corrected chi connectivity index (χ3v) is 6.92. The van der Waals surface area contributed by atoms with Crippen molar-refractivity contribution >= 4 is 16.1 Å². The zero-order valence-electron chi connectivity index (χ0n) is 14.1. The fourth-order valence-electron chi connectivity index (χ4n) is 1.84. The molecule has 0 bridgehead atoms. The quantitative estimate of drug-likeness (QED) is 0.420. The van der Waals surface area contributed by atoms with Gasteiger partial charge >= 0.3 is 0 Å². The largest absolute Gasteiger partial charge is 1.00 e. The van der Waals surface area contributed by atoms with Crippen LogP contribution in [0.2, 0.25) is 39.3 Å². The van der Waals surface area contributed by atoms with Crippen molar-refractivity contribution in [1.82, 2.24) is 0 Å². The van der Waals surface area contributed by atoms with Crippen LogP contribution in [0.1, 0.15) is 14.3 Å². The van der Waals surface area contributed by atoms with Gasteiger partial charge in [0.05, 0.1) is 0 Å². The van der Waals surface area contributed by atoms with Gasteiger partial charge in [-0.2, -0.15) is 12.2 Å². The molecule has 0 atom stereocenters. The maximum atomic E-state index is 3.36. The Morgan fingerprint density at radius 3 is 1.21 bits per heavy atom. The molecular weight excluding hydrogens is 399 g/mol. The van der Waals surface area contributed by atoms with E-state index in [0.717, 1.165) is 12.8 Å². The summed E-state index contributed by atoms with van der Waals surface area (Å²) in [7, 11) is -2.01. The molecule has 0 saturated carbocycles. The molecule has 0 nitrogen and oxygen atoms in total. The van der Waals surface area contributed by atoms with Crippen molar-refractivity contribution in [3.05, 3.63) is 46.8 Å². The van der Waals surface area contributed by atoms with Crippen molar-refractivity contribution < 1.29 is 41.8 Å². The third-order valence-electron chi connectivity index (χ3n) is 3.01. The van der Waals surface area contributed by atoms with E-state index in [1.54, 1.807) is 0 Å². The molecule has 3 heteroatoms. The minimum atomic E-state index is -1.01. The predicted molar refractivity (Wildman–Crippen MR) is 88.8 cm³/mol. The van der Waals surface area contributed by atoms with Crippen LogP contribution in [0, 0.1) is 52.5 Å². The van der Waals surface area contributed by atoms with Gasteiger partial charge in [0, 0.05) is 56.5 Å². The van der Waals surface area contributed by atoms with Gasteiger partial charge in [0.25, 0.3) is 0 Å². The van der Waals surface area contributed by atoms with Gasteiger partial charge in [-0.25, -0.2) is 22.5 Å². The van der Waals surface area contributed by atoms with E-state index in [1.807, 2.05) is 0 Å². The van der Waals surface area contributed by atoms with Crippen molar-refractivity contribution in [3.63, 3.8) is 0 Å². The van der Waals surface area contributed by atoms with E-state index in [0.29, 0.717) is 0 Å². The molecular formula is C16H27Si2Sm-3. The maximum Gasteiger partial charge on any atom is 0.0393 e. The molecule has 0 spiro atoms. The van der Waals surface area contributed by atoms with Crippen LogP contribution in [0.15, 0.2) is 34.7 Å². The molecule has 0 aliphatic heterocycles. The van der Waals surface area contributed by atoms with Gasteiger partial charge in [-0.05, 0) is 0 Å². The first kappa shape index (κ1) is 19.7. The minimum Gasteiger partial charge on any atom is -1.00 e. The topological polar surface area (TPSA) is 0 Å². The molecule has 0 unspecified atom stereocenters. The second kappa shape index (κ2) is 8.24. The average molecular weight is 426 g/mol. The van der Waals surface area contributed by atoms with Crippen LogP contribution in [0.25, 0.3) is 0 Å². The Balaban J connectivity index is 0. The summed E-state index contributed by atoms with van der Waals surface area (Å²) < 4.78 is 0. The Labute approximate surface area is 155 Å². The molecule has 0 amide bonds. The standard InChI is InChI=1S/2C8H13Si.Sm.H/c2*1-9(2,3)8-6-4-5-7-8;;/h2*4,6H,5H2,1-3H3;;/q2*-1;;-1. The average Bonchev–Trinajstić information content (AvgIpc) is 2.91. The van der Waals surface area contributed by atoms with Crippen LogP contribution in [-0.4, -0.2) is 16.1 Å². The summed E-state index contributed by atoms with van der Waals surface area (Å²) in [6, 6.07) is 0. The predicted octanol–water partition coefficient (Wildman–Crippen LogP) is 5.22. The van der Waals surface area contributed by atoms with Crippen molar-refractivity contribution in [1.29, 1.82) is 0 Å². The first-order chi connectivity index (χ1) is 8.21. The smallest absolute Gasteiger partial charge is 0.0393 e. The van der Waals surface area contributed by atoms with Gasteiger partial charge in [0.1, 0.15) is 0 Å². The third kappa shape index (κ3) is 7.34. The molecule has 0 radical (unpaired) electrons. The number of allylic oxidation sites excluding steroid dienone is 8. The molecule has 2 rings (SSSR count). The van der Waals surface area contributed by atoms with E-state index in [-0.39, 0.29) is 41.8 Å². The Morgan fingerprint density at radius 1 is 0.789 bits per heavy atom. The molecule has 0 aromatic heterocycles. The van der Waals surface area contributed by atoms with Gasteiger partial charge < -0.3 is 1.43 Å². The summed E-state index contributed by atoms with van der Waals surface area (Å²) in [6.07, 6.45) is 17.6. The number of hydrogen-bond donors (Lipinski definition) is 0. The van der Waals surface area contributed by atoms with Gasteiger partial charge in [0.2, 0.25) is 0 Å². The zero-order chi connectivity index (χ0) is 13.8. The first-order valence-corrected chi connectivity index (χ1v) is 13.8. The SMILES string of the molecule is C[Si](C)(C)C1=[C-]CC=C1.C[Si](C)(C)C1=[C-]CC=C1.[H-].[Sm]. The van der Waals surface area contributed by atoms with Crippen LogP contribution in [0.4, 0.5) is 0 Å². The molecule has 108 valence electrons. The van der Waals surface area contributed by atoms with Crippen LogP contribution < -0.4 is 0 Å². The molecule has 0 fully saturated rings. The van der Waals surface area contributed by atoms with Crippen molar-refractivity contribution in [3.8, 4) is 0 Å². The first-order valence-electron chi connectivity index (χ1n) is 6.77. The minimum absolute atomic E-state index is 0. The molecule has 0 saturated heterocycles. The van der Waals surface area contributed by atoms with Crippen molar-refractivity contribution in [2.24, 2.45) is 0 Å². The molecule has 2 aliphatic carbocycles. The summed E-state index contributed by atoms with van der Waals surface area (Å²) in [5.74, 6) is 0. The van der Waals surface area contributed by atoms with E-state index >= 15 is 0 Å². The number of rotatable bonds is 2. The summed E-state index contributed by atoms with van der Waals surface area (Å²) in [4.78, 5) is 0. The molecule has 0 aromatic carbocycles. The van der Waals surface area contributed by atoms with E-state index in [1.165, 1.54) is 10.4 Å². The maximum absolute atomic E-state index is 3.36. The Morgan fingerprint density at radius 2 is 1.11 bits per heavy atom. The fourth-order valence-corrected chi connectivity index (χ4v) is 4.34. The summed E-state index contributed by atoms with van der Waals surface area (Å²) in [5, 5.41) is 2.98. The van der Waals surface area contributed by atoms with Gasteiger partial charge in [-0.15, -0.1) is 12.8 Å². The molecule has 19 heavy (non-hydrogen) atoms. The van der Waals surface area contributed by atoms with Crippen LogP contribution in [-0.2, 0) is 0 Å². The Hall–Kier alpha value is 0.731. The van der Waals surface area contributed by atoms with Crippen molar-refractivity contribution in [2.45, 2.75) is 52.1 Å². The summed E-state index contributed by atoms with van der Waals surface area (Å²) >= 11 is 0. The summed E-state index contributed by atoms with van der Waals surface area (Å²) in [6.45, 7) is 14.1. The van der Waals surface area contributed by atoms with Crippen LogP contribution in [0.3, 0.4) is 0 Å². The van der Waals surface area contributed by atoms with Gasteiger partial charge in [-0.3, -0.25) is 12.2 Å². The second-order valence-corrected chi connectivity index (χ2v) is 17.0. The number of hydrogen-bond acceptors (Lipinski definition) is 0. The molecule has 0 heterocycles. The Bertz CT molecular complexity index is 367. The van der Waals surface area contributed by atoms with E-state index in [2.05, 4.69) is 75.7 Å². The van der Waals surface area contributed by atoms with E-state index < -0.39 is 16.1 Å². The van der Waals surface area contributed by atoms with Crippen LogP contribution in [0.5, 0.6) is 0 Å². The van der Waals surface area contributed by atoms with Crippen LogP contribution >= 0.6 is 0 Å². The molecule has 0 aromatic rings. The normalized spacial score (nSPS) is 17.4. The fraction of sp³-hybridized carbons (Fsp3) is 0.500. The van der Waals surface area contributed by atoms with Gasteiger partial charge in [-0.1, -0.05) is 39.3 Å². The van der Waals surface area contributed by atoms with Gasteiger partial charge in [0.15, 0.2) is 0 Å². The summed E-state index contributed by atoms with van der Waals surface area (Å²) in [5.41, 5.74) is 0.